The monoisotopic (exact) mass is 260 g/mol. The van der Waals surface area contributed by atoms with E-state index in [9.17, 15) is 5.11 Å². The van der Waals surface area contributed by atoms with E-state index >= 15 is 0 Å². The molecule has 0 unspecified atom stereocenters. The van der Waals surface area contributed by atoms with Gasteiger partial charge in [0.15, 0.2) is 0 Å². The summed E-state index contributed by atoms with van der Waals surface area (Å²) in [5.74, 6) is 0.701. The molecule has 1 nitrogen and oxygen atoms in total. The second kappa shape index (κ2) is 5.28. The van der Waals surface area contributed by atoms with E-state index in [1.807, 2.05) is 0 Å². The number of hydrogen-bond acceptors (Lipinski definition) is 1. The maximum absolute atomic E-state index is 9.82. The van der Waals surface area contributed by atoms with Gasteiger partial charge in [0.05, 0.1) is 6.61 Å². The third kappa shape index (κ3) is 2.58. The third-order valence-corrected chi connectivity index (χ3v) is 4.98. The summed E-state index contributed by atoms with van der Waals surface area (Å²) < 4.78 is 0. The molecule has 1 fully saturated rings. The lowest BCUT2D eigenvalue weighted by Crippen LogP contribution is -2.40. The Morgan fingerprint density at radius 2 is 2.05 bits per heavy atom. The van der Waals surface area contributed by atoms with Crippen molar-refractivity contribution in [1.29, 1.82) is 0 Å². The Kier molecular flexibility index (Phi) is 4.06. The van der Waals surface area contributed by atoms with E-state index in [0.29, 0.717) is 5.92 Å². The molecule has 2 aliphatic carbocycles. The molecule has 0 radical (unpaired) electrons. The minimum atomic E-state index is -0.0331. The minimum Gasteiger partial charge on any atom is -0.395 e. The lowest BCUT2D eigenvalue weighted by Gasteiger charge is -2.49. The highest BCUT2D eigenvalue weighted by Gasteiger charge is 2.45. The fourth-order valence-electron chi connectivity index (χ4n) is 3.70. The van der Waals surface area contributed by atoms with Gasteiger partial charge in [-0.3, -0.25) is 0 Å². The van der Waals surface area contributed by atoms with Gasteiger partial charge in [0.1, 0.15) is 0 Å². The number of fused-ring (bicyclic) bond motifs is 1. The standard InChI is InChI=1S/C18H28O/c1-14(2)9-10-15-7-5-8-16-17(3,13-19)11-6-12-18(15,16)4/h5,7-8,10,14,19H,6,9,11-13H2,1-4H3/b15-10-/t17-,18+/m0/s1. The van der Waals surface area contributed by atoms with Gasteiger partial charge in [-0.1, -0.05) is 64.0 Å². The molecule has 0 saturated heterocycles. The molecular weight excluding hydrogens is 232 g/mol. The molecule has 2 atom stereocenters. The highest BCUT2D eigenvalue weighted by atomic mass is 16.3. The second-order valence-electron chi connectivity index (χ2n) is 7.13. The van der Waals surface area contributed by atoms with Crippen LogP contribution in [0.2, 0.25) is 0 Å². The molecule has 0 heterocycles. The summed E-state index contributed by atoms with van der Waals surface area (Å²) >= 11 is 0. The summed E-state index contributed by atoms with van der Waals surface area (Å²) in [6.07, 6.45) is 13.8. The van der Waals surface area contributed by atoms with Crippen LogP contribution >= 0.6 is 0 Å². The summed E-state index contributed by atoms with van der Waals surface area (Å²) in [5, 5.41) is 9.82. The van der Waals surface area contributed by atoms with Crippen molar-refractivity contribution in [2.75, 3.05) is 6.61 Å². The lowest BCUT2D eigenvalue weighted by molar-refractivity contribution is 0.114. The fraction of sp³-hybridized carbons (Fsp3) is 0.667. The van der Waals surface area contributed by atoms with E-state index in [2.05, 4.69) is 52.0 Å². The van der Waals surface area contributed by atoms with Crippen molar-refractivity contribution in [3.8, 4) is 0 Å². The van der Waals surface area contributed by atoms with E-state index < -0.39 is 0 Å². The van der Waals surface area contributed by atoms with E-state index in [-0.39, 0.29) is 17.4 Å². The van der Waals surface area contributed by atoms with Crippen molar-refractivity contribution >= 4 is 0 Å². The number of aliphatic hydroxyl groups excluding tert-OH is 1. The number of hydrogen-bond donors (Lipinski definition) is 1. The Hall–Kier alpha value is -0.820. The fourth-order valence-corrected chi connectivity index (χ4v) is 3.70. The predicted molar refractivity (Wildman–Crippen MR) is 81.9 cm³/mol. The van der Waals surface area contributed by atoms with Crippen LogP contribution < -0.4 is 0 Å². The van der Waals surface area contributed by atoms with Gasteiger partial charge in [-0.2, -0.15) is 0 Å². The Morgan fingerprint density at radius 3 is 2.68 bits per heavy atom. The van der Waals surface area contributed by atoms with Gasteiger partial charge in [-0.15, -0.1) is 0 Å². The van der Waals surface area contributed by atoms with Crippen LogP contribution in [0, 0.1) is 16.7 Å². The maximum atomic E-state index is 9.82. The average Bonchev–Trinajstić information content (AvgIpc) is 2.36. The first-order valence-electron chi connectivity index (χ1n) is 7.63. The summed E-state index contributed by atoms with van der Waals surface area (Å²) in [4.78, 5) is 0. The van der Waals surface area contributed by atoms with Crippen molar-refractivity contribution in [1.82, 2.24) is 0 Å². The molecule has 0 aromatic carbocycles. The molecule has 1 N–H and O–H groups in total. The smallest absolute Gasteiger partial charge is 0.0522 e. The molecule has 0 aromatic rings. The Bertz CT molecular complexity index is 427. The van der Waals surface area contributed by atoms with Crippen LogP contribution in [-0.4, -0.2) is 11.7 Å². The summed E-state index contributed by atoms with van der Waals surface area (Å²) in [6, 6.07) is 0. The second-order valence-corrected chi connectivity index (χ2v) is 7.13. The predicted octanol–water partition coefficient (Wildman–Crippen LogP) is 4.64. The van der Waals surface area contributed by atoms with Gasteiger partial charge in [-0.25, -0.2) is 0 Å². The molecule has 0 amide bonds. The van der Waals surface area contributed by atoms with Crippen molar-refractivity contribution in [3.05, 3.63) is 35.5 Å². The minimum absolute atomic E-state index is 0.0331. The van der Waals surface area contributed by atoms with E-state index in [4.69, 9.17) is 0 Å². The largest absolute Gasteiger partial charge is 0.395 e. The van der Waals surface area contributed by atoms with E-state index in [1.54, 1.807) is 0 Å². The molecule has 0 aromatic heterocycles. The first-order valence-corrected chi connectivity index (χ1v) is 7.63. The molecule has 1 heteroatoms. The lowest BCUT2D eigenvalue weighted by atomic mass is 9.56. The molecule has 106 valence electrons. The molecule has 0 aliphatic heterocycles. The Balaban J connectivity index is 2.37. The van der Waals surface area contributed by atoms with Crippen LogP contribution in [0.15, 0.2) is 35.5 Å². The van der Waals surface area contributed by atoms with Crippen LogP contribution in [0.1, 0.15) is 53.4 Å². The molecule has 0 spiro atoms. The van der Waals surface area contributed by atoms with Crippen LogP contribution in [0.5, 0.6) is 0 Å². The van der Waals surface area contributed by atoms with Gasteiger partial charge >= 0.3 is 0 Å². The first-order chi connectivity index (χ1) is 8.92. The summed E-state index contributed by atoms with van der Waals surface area (Å²) in [6.45, 7) is 9.37. The van der Waals surface area contributed by atoms with Gasteiger partial charge < -0.3 is 5.11 Å². The normalized spacial score (nSPS) is 36.5. The highest BCUT2D eigenvalue weighted by Crippen LogP contribution is 2.55. The quantitative estimate of drug-likeness (QED) is 0.783. The van der Waals surface area contributed by atoms with Gasteiger partial charge in [0, 0.05) is 10.8 Å². The first kappa shape index (κ1) is 14.6. The van der Waals surface area contributed by atoms with E-state index in [0.717, 1.165) is 12.8 Å². The van der Waals surface area contributed by atoms with E-state index in [1.165, 1.54) is 24.0 Å². The Labute approximate surface area is 118 Å². The maximum Gasteiger partial charge on any atom is 0.0522 e. The number of rotatable bonds is 3. The topological polar surface area (TPSA) is 20.2 Å². The summed E-state index contributed by atoms with van der Waals surface area (Å²) in [5.41, 5.74) is 3.00. The van der Waals surface area contributed by atoms with Crippen LogP contribution in [0.25, 0.3) is 0 Å². The zero-order valence-electron chi connectivity index (χ0n) is 12.9. The molecule has 1 saturated carbocycles. The highest BCUT2D eigenvalue weighted by molar-refractivity contribution is 5.46. The molecule has 2 aliphatic rings. The van der Waals surface area contributed by atoms with Gasteiger partial charge in [0.2, 0.25) is 0 Å². The van der Waals surface area contributed by atoms with Crippen molar-refractivity contribution < 1.29 is 5.11 Å². The molecule has 2 rings (SSSR count). The Morgan fingerprint density at radius 1 is 1.32 bits per heavy atom. The molecule has 0 bridgehead atoms. The number of allylic oxidation sites excluding steroid dienone is 5. The zero-order chi connectivity index (χ0) is 14.1. The van der Waals surface area contributed by atoms with Crippen molar-refractivity contribution in [3.63, 3.8) is 0 Å². The van der Waals surface area contributed by atoms with Crippen LogP contribution in [0.4, 0.5) is 0 Å². The van der Waals surface area contributed by atoms with Gasteiger partial charge in [-0.05, 0) is 30.8 Å². The molecule has 19 heavy (non-hydrogen) atoms. The SMILES string of the molecule is CC(C)C/C=C1/C=CC=C2[C@](C)(CO)CCC[C@@]21C. The van der Waals surface area contributed by atoms with Crippen LogP contribution in [-0.2, 0) is 0 Å². The summed E-state index contributed by atoms with van der Waals surface area (Å²) in [7, 11) is 0. The van der Waals surface area contributed by atoms with Crippen molar-refractivity contribution in [2.45, 2.75) is 53.4 Å². The average molecular weight is 260 g/mol. The molecular formula is C18H28O. The third-order valence-electron chi connectivity index (χ3n) is 4.98. The number of aliphatic hydroxyl groups is 1. The van der Waals surface area contributed by atoms with Gasteiger partial charge in [0.25, 0.3) is 0 Å². The van der Waals surface area contributed by atoms with Crippen molar-refractivity contribution in [2.24, 2.45) is 16.7 Å². The zero-order valence-corrected chi connectivity index (χ0v) is 12.9. The van der Waals surface area contributed by atoms with Crippen LogP contribution in [0.3, 0.4) is 0 Å².